The lowest BCUT2D eigenvalue weighted by Crippen LogP contribution is -2.54. The quantitative estimate of drug-likeness (QED) is 0.571. The summed E-state index contributed by atoms with van der Waals surface area (Å²) < 4.78 is 27.5. The Morgan fingerprint density at radius 3 is 1.71 bits per heavy atom. The van der Waals surface area contributed by atoms with Gasteiger partial charge in [-0.2, -0.15) is 0 Å². The summed E-state index contributed by atoms with van der Waals surface area (Å²) in [6.07, 6.45) is 3.13. The third-order valence-corrected chi connectivity index (χ3v) is 9.09. The number of hydrogen-bond donors (Lipinski definition) is 0. The van der Waals surface area contributed by atoms with Crippen LogP contribution in [0.3, 0.4) is 0 Å². The molecule has 0 aromatic carbocycles. The second kappa shape index (κ2) is 9.20. The predicted molar refractivity (Wildman–Crippen MR) is 69.8 cm³/mol. The fraction of sp³-hybridized carbons (Fsp3) is 1.00. The molecule has 0 aromatic rings. The first-order chi connectivity index (χ1) is 8.15. The summed E-state index contributed by atoms with van der Waals surface area (Å²) in [5, 5.41) is 0.0856. The Kier molecular flexibility index (Phi) is 9.33. The average Bonchev–Trinajstić information content (AvgIpc) is 2.38. The van der Waals surface area contributed by atoms with Crippen molar-refractivity contribution in [3.63, 3.8) is 0 Å². The zero-order valence-corrected chi connectivity index (χ0v) is 13.7. The lowest BCUT2D eigenvalue weighted by Gasteiger charge is -2.34. The van der Waals surface area contributed by atoms with Gasteiger partial charge in [0, 0.05) is 35.5 Å². The molecule has 0 aliphatic rings. The SMILES string of the molecule is CCCCC([Si](OC)OC)[Si](OC)(OC)OC. The van der Waals surface area contributed by atoms with Crippen molar-refractivity contribution in [3.8, 4) is 0 Å². The van der Waals surface area contributed by atoms with Crippen LogP contribution in [0.4, 0.5) is 0 Å². The van der Waals surface area contributed by atoms with Crippen LogP contribution in [0, 0.1) is 0 Å². The lowest BCUT2D eigenvalue weighted by atomic mass is 10.3. The maximum atomic E-state index is 5.54. The second-order valence-electron chi connectivity index (χ2n) is 3.64. The van der Waals surface area contributed by atoms with Crippen molar-refractivity contribution in [2.75, 3.05) is 35.5 Å². The van der Waals surface area contributed by atoms with Gasteiger partial charge in [-0.25, -0.2) is 0 Å². The van der Waals surface area contributed by atoms with Gasteiger partial charge in [-0.3, -0.25) is 0 Å². The van der Waals surface area contributed by atoms with E-state index >= 15 is 0 Å². The molecule has 1 atom stereocenters. The normalized spacial score (nSPS) is 14.3. The highest BCUT2D eigenvalue weighted by Gasteiger charge is 2.53. The molecule has 7 heteroatoms. The van der Waals surface area contributed by atoms with Crippen LogP contribution >= 0.6 is 0 Å². The van der Waals surface area contributed by atoms with E-state index in [9.17, 15) is 0 Å². The smallest absolute Gasteiger partial charge is 0.397 e. The first-order valence-electron chi connectivity index (χ1n) is 5.75. The fourth-order valence-electron chi connectivity index (χ4n) is 1.89. The van der Waals surface area contributed by atoms with E-state index in [4.69, 9.17) is 22.1 Å². The fourth-order valence-corrected chi connectivity index (χ4v) is 7.90. The van der Waals surface area contributed by atoms with E-state index in [1.165, 1.54) is 0 Å². The lowest BCUT2D eigenvalue weighted by molar-refractivity contribution is 0.111. The summed E-state index contributed by atoms with van der Waals surface area (Å²) in [5.74, 6) is 0. The van der Waals surface area contributed by atoms with Crippen LogP contribution < -0.4 is 0 Å². The van der Waals surface area contributed by atoms with Gasteiger partial charge in [0.2, 0.25) is 0 Å². The van der Waals surface area contributed by atoms with E-state index in [2.05, 4.69) is 6.92 Å². The molecule has 0 fully saturated rings. The van der Waals surface area contributed by atoms with E-state index in [0.29, 0.717) is 0 Å². The molecule has 1 radical (unpaired) electrons. The molecule has 0 aliphatic heterocycles. The maximum absolute atomic E-state index is 5.54. The standard InChI is InChI=1S/C10H25O5Si2/c1-7-8-9-10(16(11-2)12-3)17(13-4,14-5)15-6/h10H,7-9H2,1-6H3. The molecule has 0 aromatic heterocycles. The minimum Gasteiger partial charge on any atom is -0.397 e. The minimum atomic E-state index is -2.69. The third-order valence-electron chi connectivity index (χ3n) is 2.81. The molecule has 0 spiro atoms. The molecule has 0 heterocycles. The topological polar surface area (TPSA) is 46.2 Å². The van der Waals surface area contributed by atoms with Crippen molar-refractivity contribution in [2.45, 2.75) is 31.4 Å². The Hall–Kier alpha value is 0.234. The van der Waals surface area contributed by atoms with Gasteiger partial charge in [0.15, 0.2) is 0 Å². The van der Waals surface area contributed by atoms with Crippen LogP contribution in [0.2, 0.25) is 5.16 Å². The van der Waals surface area contributed by atoms with Gasteiger partial charge < -0.3 is 22.1 Å². The van der Waals surface area contributed by atoms with Gasteiger partial charge in [0.05, 0.1) is 5.16 Å². The second-order valence-corrected chi connectivity index (χ2v) is 9.50. The van der Waals surface area contributed by atoms with Gasteiger partial charge in [-0.1, -0.05) is 19.8 Å². The van der Waals surface area contributed by atoms with Crippen molar-refractivity contribution in [2.24, 2.45) is 0 Å². The number of rotatable bonds is 10. The summed E-state index contributed by atoms with van der Waals surface area (Å²) in [7, 11) is 4.08. The molecule has 1 unspecified atom stereocenters. The van der Waals surface area contributed by atoms with Crippen molar-refractivity contribution in [3.05, 3.63) is 0 Å². The first-order valence-corrected chi connectivity index (χ1v) is 8.95. The van der Waals surface area contributed by atoms with Crippen molar-refractivity contribution in [1.82, 2.24) is 0 Å². The molecule has 0 aliphatic carbocycles. The van der Waals surface area contributed by atoms with Gasteiger partial charge in [0.1, 0.15) is 0 Å². The monoisotopic (exact) mass is 281 g/mol. The molecular weight excluding hydrogens is 256 g/mol. The molecule has 0 rings (SSSR count). The molecule has 0 saturated carbocycles. The van der Waals surface area contributed by atoms with E-state index < -0.39 is 18.1 Å². The Labute approximate surface area is 108 Å². The Balaban J connectivity index is 4.95. The molecular formula is C10H25O5Si2. The van der Waals surface area contributed by atoms with Gasteiger partial charge in [-0.05, 0) is 6.42 Å². The molecule has 0 amide bonds. The highest BCUT2D eigenvalue weighted by Crippen LogP contribution is 2.32. The van der Waals surface area contributed by atoms with E-state index in [-0.39, 0.29) is 5.16 Å². The average molecular weight is 281 g/mol. The van der Waals surface area contributed by atoms with Crippen LogP contribution in [-0.2, 0) is 22.1 Å². The zero-order valence-electron chi connectivity index (χ0n) is 11.7. The molecule has 5 nitrogen and oxygen atoms in total. The van der Waals surface area contributed by atoms with Crippen molar-refractivity contribution in [1.29, 1.82) is 0 Å². The van der Waals surface area contributed by atoms with Gasteiger partial charge in [0.25, 0.3) is 0 Å². The summed E-state index contributed by atoms with van der Waals surface area (Å²) in [4.78, 5) is 0. The highest BCUT2D eigenvalue weighted by atomic mass is 28.4. The zero-order chi connectivity index (χ0) is 13.3. The highest BCUT2D eigenvalue weighted by molar-refractivity contribution is 6.76. The summed E-state index contributed by atoms with van der Waals surface area (Å²) >= 11 is 0. The van der Waals surface area contributed by atoms with Crippen LogP contribution in [0.1, 0.15) is 26.2 Å². The summed E-state index contributed by atoms with van der Waals surface area (Å²) in [6, 6.07) is 0. The van der Waals surface area contributed by atoms with Crippen LogP contribution in [0.25, 0.3) is 0 Å². The van der Waals surface area contributed by atoms with Crippen LogP contribution in [0.5, 0.6) is 0 Å². The molecule has 0 bridgehead atoms. The van der Waals surface area contributed by atoms with Gasteiger partial charge in [-0.15, -0.1) is 0 Å². The van der Waals surface area contributed by atoms with Crippen molar-refractivity contribution >= 4 is 18.1 Å². The Morgan fingerprint density at radius 2 is 1.41 bits per heavy atom. The first kappa shape index (κ1) is 17.2. The molecule has 103 valence electrons. The molecule has 17 heavy (non-hydrogen) atoms. The largest absolute Gasteiger partial charge is 0.505 e. The van der Waals surface area contributed by atoms with E-state index in [0.717, 1.165) is 19.3 Å². The summed E-state index contributed by atoms with van der Waals surface area (Å²) in [5.41, 5.74) is 0. The third kappa shape index (κ3) is 4.43. The van der Waals surface area contributed by atoms with E-state index in [1.54, 1.807) is 35.5 Å². The Morgan fingerprint density at radius 1 is 0.941 bits per heavy atom. The van der Waals surface area contributed by atoms with E-state index in [1.807, 2.05) is 0 Å². The predicted octanol–water partition coefficient (Wildman–Crippen LogP) is 1.75. The Bertz CT molecular complexity index is 177. The molecule has 0 N–H and O–H groups in total. The minimum absolute atomic E-state index is 0.0856. The summed E-state index contributed by atoms with van der Waals surface area (Å²) in [6.45, 7) is 2.15. The van der Waals surface area contributed by atoms with Crippen molar-refractivity contribution < 1.29 is 22.1 Å². The molecule has 0 saturated heterocycles. The van der Waals surface area contributed by atoms with Crippen LogP contribution in [0.15, 0.2) is 0 Å². The van der Waals surface area contributed by atoms with Gasteiger partial charge >= 0.3 is 18.1 Å². The maximum Gasteiger partial charge on any atom is 0.505 e. The van der Waals surface area contributed by atoms with Crippen LogP contribution in [-0.4, -0.2) is 53.6 Å². The number of hydrogen-bond acceptors (Lipinski definition) is 5. The number of unbranched alkanes of at least 4 members (excludes halogenated alkanes) is 1.